The maximum absolute atomic E-state index is 10.8. The van der Waals surface area contributed by atoms with E-state index in [0.29, 0.717) is 5.75 Å². The third-order valence-electron chi connectivity index (χ3n) is 2.77. The Labute approximate surface area is 104 Å². The molecule has 0 spiro atoms. The Morgan fingerprint density at radius 2 is 2.22 bits per heavy atom. The molecular weight excluding hydrogens is 234 g/mol. The molecule has 2 rings (SSSR count). The molecule has 1 atom stereocenters. The molecule has 0 fully saturated rings. The Bertz CT molecular complexity index is 522. The van der Waals surface area contributed by atoms with Crippen molar-refractivity contribution in [1.29, 1.82) is 0 Å². The van der Waals surface area contributed by atoms with Gasteiger partial charge in [0.05, 0.1) is 25.6 Å². The van der Waals surface area contributed by atoms with Gasteiger partial charge in [0.2, 0.25) is 6.54 Å². The number of nitrogens with zero attached hydrogens (tertiary/aromatic N) is 1. The summed E-state index contributed by atoms with van der Waals surface area (Å²) in [6.45, 7) is -0.174. The average molecular weight is 247 g/mol. The molecule has 0 radical (unpaired) electrons. The number of nitro groups is 1. The molecule has 0 saturated carbocycles. The highest BCUT2D eigenvalue weighted by molar-refractivity contribution is 5.36. The van der Waals surface area contributed by atoms with Crippen LogP contribution in [0.1, 0.15) is 17.0 Å². The standard InChI is InChI=1S/C13H13NO4/c1-17-12-4-2-3-10(7-12)13(8-14(15)16)11-5-6-18-9-11/h2-7,9,13H,8H2,1H3/t13-/m0/s1. The predicted octanol–water partition coefficient (Wildman–Crippen LogP) is 2.70. The van der Waals surface area contributed by atoms with Gasteiger partial charge in [0.1, 0.15) is 5.75 Å². The number of hydrogen-bond acceptors (Lipinski definition) is 4. The third kappa shape index (κ3) is 2.68. The molecule has 0 unspecified atom stereocenters. The highest BCUT2D eigenvalue weighted by Gasteiger charge is 2.21. The summed E-state index contributed by atoms with van der Waals surface area (Å²) >= 11 is 0. The fourth-order valence-electron chi connectivity index (χ4n) is 1.88. The summed E-state index contributed by atoms with van der Waals surface area (Å²) in [5.74, 6) is 0.359. The Kier molecular flexibility index (Phi) is 3.62. The molecule has 2 aromatic rings. The van der Waals surface area contributed by atoms with Crippen LogP contribution in [0.2, 0.25) is 0 Å². The molecule has 0 aliphatic carbocycles. The van der Waals surface area contributed by atoms with Crippen molar-refractivity contribution in [1.82, 2.24) is 0 Å². The van der Waals surface area contributed by atoms with E-state index in [1.54, 1.807) is 19.2 Å². The molecule has 94 valence electrons. The van der Waals surface area contributed by atoms with Crippen LogP contribution in [0, 0.1) is 10.1 Å². The monoisotopic (exact) mass is 247 g/mol. The van der Waals surface area contributed by atoms with E-state index in [1.165, 1.54) is 12.5 Å². The molecule has 0 N–H and O–H groups in total. The first-order valence-corrected chi connectivity index (χ1v) is 5.48. The second kappa shape index (κ2) is 5.35. The van der Waals surface area contributed by atoms with Gasteiger partial charge in [-0.05, 0) is 23.8 Å². The number of hydrogen-bond donors (Lipinski definition) is 0. The molecule has 0 aliphatic rings. The van der Waals surface area contributed by atoms with Crippen molar-refractivity contribution in [2.45, 2.75) is 5.92 Å². The molecule has 0 saturated heterocycles. The lowest BCUT2D eigenvalue weighted by Gasteiger charge is -2.12. The van der Waals surface area contributed by atoms with Gasteiger partial charge >= 0.3 is 0 Å². The van der Waals surface area contributed by atoms with E-state index in [4.69, 9.17) is 9.15 Å². The van der Waals surface area contributed by atoms with Gasteiger partial charge in [-0.2, -0.15) is 0 Å². The topological polar surface area (TPSA) is 65.5 Å². The predicted molar refractivity (Wildman–Crippen MR) is 65.4 cm³/mol. The minimum absolute atomic E-state index is 0.174. The minimum Gasteiger partial charge on any atom is -0.497 e. The van der Waals surface area contributed by atoms with Crippen molar-refractivity contribution in [2.24, 2.45) is 0 Å². The second-order valence-corrected chi connectivity index (χ2v) is 3.90. The van der Waals surface area contributed by atoms with Crippen molar-refractivity contribution < 1.29 is 14.1 Å². The first-order valence-electron chi connectivity index (χ1n) is 5.48. The summed E-state index contributed by atoms with van der Waals surface area (Å²) < 4.78 is 10.1. The Morgan fingerprint density at radius 1 is 1.39 bits per heavy atom. The van der Waals surface area contributed by atoms with Gasteiger partial charge in [-0.15, -0.1) is 0 Å². The molecule has 0 amide bonds. The zero-order chi connectivity index (χ0) is 13.0. The molecule has 18 heavy (non-hydrogen) atoms. The van der Waals surface area contributed by atoms with E-state index in [2.05, 4.69) is 0 Å². The molecule has 1 aromatic carbocycles. The molecule has 0 bridgehead atoms. The Balaban J connectivity index is 2.36. The first kappa shape index (κ1) is 12.2. The van der Waals surface area contributed by atoms with Crippen molar-refractivity contribution in [3.05, 3.63) is 64.1 Å². The average Bonchev–Trinajstić information content (AvgIpc) is 2.89. The summed E-state index contributed by atoms with van der Waals surface area (Å²) in [4.78, 5) is 10.5. The van der Waals surface area contributed by atoms with Gasteiger partial charge in [0, 0.05) is 10.5 Å². The largest absolute Gasteiger partial charge is 0.497 e. The van der Waals surface area contributed by atoms with Gasteiger partial charge in [0.25, 0.3) is 0 Å². The number of benzene rings is 1. The van der Waals surface area contributed by atoms with Crippen molar-refractivity contribution in [3.63, 3.8) is 0 Å². The lowest BCUT2D eigenvalue weighted by Crippen LogP contribution is -2.13. The fraction of sp³-hybridized carbons (Fsp3) is 0.231. The fourth-order valence-corrected chi connectivity index (χ4v) is 1.88. The molecule has 1 aromatic heterocycles. The third-order valence-corrected chi connectivity index (χ3v) is 2.77. The number of methoxy groups -OCH3 is 1. The SMILES string of the molecule is COc1cccc([C@H](C[N+](=O)[O-])c2ccoc2)c1. The van der Waals surface area contributed by atoms with Crippen LogP contribution >= 0.6 is 0 Å². The van der Waals surface area contributed by atoms with E-state index in [9.17, 15) is 10.1 Å². The Hall–Kier alpha value is -2.30. The maximum Gasteiger partial charge on any atom is 0.214 e. The van der Waals surface area contributed by atoms with Crippen LogP contribution in [-0.4, -0.2) is 18.6 Å². The molecule has 5 nitrogen and oxygen atoms in total. The van der Waals surface area contributed by atoms with E-state index in [1.807, 2.05) is 18.2 Å². The lowest BCUT2D eigenvalue weighted by atomic mass is 9.93. The second-order valence-electron chi connectivity index (χ2n) is 3.90. The van der Waals surface area contributed by atoms with E-state index in [-0.39, 0.29) is 17.4 Å². The quantitative estimate of drug-likeness (QED) is 0.601. The summed E-state index contributed by atoms with van der Waals surface area (Å²) in [6.07, 6.45) is 3.05. The van der Waals surface area contributed by atoms with Crippen LogP contribution in [0.25, 0.3) is 0 Å². The lowest BCUT2D eigenvalue weighted by molar-refractivity contribution is -0.481. The van der Waals surface area contributed by atoms with Crippen molar-refractivity contribution in [2.75, 3.05) is 13.7 Å². The first-order chi connectivity index (χ1) is 8.70. The summed E-state index contributed by atoms with van der Waals surface area (Å²) in [7, 11) is 1.57. The maximum atomic E-state index is 10.8. The van der Waals surface area contributed by atoms with Gasteiger partial charge in [-0.25, -0.2) is 0 Å². The van der Waals surface area contributed by atoms with E-state index < -0.39 is 0 Å². The van der Waals surface area contributed by atoms with Crippen LogP contribution in [0.5, 0.6) is 5.75 Å². The smallest absolute Gasteiger partial charge is 0.214 e. The molecular formula is C13H13NO4. The number of rotatable bonds is 5. The zero-order valence-corrected chi connectivity index (χ0v) is 9.91. The molecule has 5 heteroatoms. The molecule has 1 heterocycles. The number of ether oxygens (including phenoxy) is 1. The van der Waals surface area contributed by atoms with E-state index in [0.717, 1.165) is 11.1 Å². The highest BCUT2D eigenvalue weighted by Crippen LogP contribution is 2.27. The number of furan rings is 1. The summed E-state index contributed by atoms with van der Waals surface area (Å²) in [6, 6.07) is 9.03. The van der Waals surface area contributed by atoms with Gasteiger partial charge in [-0.1, -0.05) is 12.1 Å². The van der Waals surface area contributed by atoms with E-state index >= 15 is 0 Å². The van der Waals surface area contributed by atoms with Gasteiger partial charge in [0.15, 0.2) is 0 Å². The minimum atomic E-state index is -0.325. The highest BCUT2D eigenvalue weighted by atomic mass is 16.6. The van der Waals surface area contributed by atoms with Crippen LogP contribution in [0.15, 0.2) is 47.3 Å². The summed E-state index contributed by atoms with van der Waals surface area (Å²) in [5.41, 5.74) is 1.63. The van der Waals surface area contributed by atoms with Crippen molar-refractivity contribution in [3.8, 4) is 5.75 Å². The van der Waals surface area contributed by atoms with Crippen LogP contribution in [0.3, 0.4) is 0 Å². The molecule has 0 aliphatic heterocycles. The normalized spacial score (nSPS) is 12.1. The van der Waals surface area contributed by atoms with Crippen molar-refractivity contribution >= 4 is 0 Å². The van der Waals surface area contributed by atoms with Crippen LogP contribution in [0.4, 0.5) is 0 Å². The van der Waals surface area contributed by atoms with Crippen LogP contribution in [-0.2, 0) is 0 Å². The Morgan fingerprint density at radius 3 is 2.83 bits per heavy atom. The van der Waals surface area contributed by atoms with Gasteiger partial charge < -0.3 is 9.15 Å². The van der Waals surface area contributed by atoms with Gasteiger partial charge in [-0.3, -0.25) is 10.1 Å². The van der Waals surface area contributed by atoms with Crippen LogP contribution < -0.4 is 4.74 Å². The zero-order valence-electron chi connectivity index (χ0n) is 9.91. The summed E-state index contributed by atoms with van der Waals surface area (Å²) in [5, 5.41) is 10.8.